The molecule has 0 saturated carbocycles. The van der Waals surface area contributed by atoms with Gasteiger partial charge in [-0.3, -0.25) is 14.2 Å². The number of hydrogen-bond donors (Lipinski definition) is 1. The fourth-order valence-electron chi connectivity index (χ4n) is 4.49. The number of carbonyl (C=O) groups excluding carboxylic acids is 1. The first-order valence-corrected chi connectivity index (χ1v) is 13.6. The summed E-state index contributed by atoms with van der Waals surface area (Å²) in [6.07, 6.45) is 2.01. The van der Waals surface area contributed by atoms with E-state index in [1.807, 2.05) is 62.4 Å². The first-order chi connectivity index (χ1) is 18.2. The van der Waals surface area contributed by atoms with E-state index in [4.69, 9.17) is 26.8 Å². The maximum absolute atomic E-state index is 13.4. The smallest absolute Gasteiger partial charge is 0.323 e. The van der Waals surface area contributed by atoms with Crippen LogP contribution in [0.25, 0.3) is 26.3 Å². The van der Waals surface area contributed by atoms with E-state index in [2.05, 4.69) is 9.88 Å². The third kappa shape index (κ3) is 5.14. The molecule has 0 amide bonds. The zero-order chi connectivity index (χ0) is 27.0. The first kappa shape index (κ1) is 26.2. The predicted octanol–water partition coefficient (Wildman–Crippen LogP) is 4.88. The molecule has 0 spiro atoms. The van der Waals surface area contributed by atoms with Gasteiger partial charge in [0.25, 0.3) is 5.56 Å². The lowest BCUT2D eigenvalue weighted by Crippen LogP contribution is -2.39. The SMILES string of the molecule is COc1cc(-n2cnc3cc(-c4ccc(Cl)cc4)sc3c2=O)ccc1N1CC[C@@H](OC(=O)[C@@H](N)C(C)C)C1. The number of methoxy groups -OCH3 is 1. The summed E-state index contributed by atoms with van der Waals surface area (Å²) in [6, 6.07) is 14.4. The van der Waals surface area contributed by atoms with Gasteiger partial charge in [0, 0.05) is 28.9 Å². The van der Waals surface area contributed by atoms with Crippen LogP contribution in [0.1, 0.15) is 20.3 Å². The van der Waals surface area contributed by atoms with Crippen molar-refractivity contribution in [3.63, 3.8) is 0 Å². The van der Waals surface area contributed by atoms with Crippen LogP contribution >= 0.6 is 22.9 Å². The van der Waals surface area contributed by atoms with E-state index in [-0.39, 0.29) is 23.6 Å². The number of esters is 1. The molecule has 38 heavy (non-hydrogen) atoms. The molecule has 0 unspecified atom stereocenters. The molecule has 2 aromatic carbocycles. The van der Waals surface area contributed by atoms with Gasteiger partial charge in [-0.15, -0.1) is 11.3 Å². The topological polar surface area (TPSA) is 99.7 Å². The normalized spacial score (nSPS) is 16.3. The number of aromatic nitrogens is 2. The lowest BCUT2D eigenvalue weighted by atomic mass is 10.1. The third-order valence-electron chi connectivity index (χ3n) is 6.77. The van der Waals surface area contributed by atoms with E-state index in [0.717, 1.165) is 16.1 Å². The quantitative estimate of drug-likeness (QED) is 0.326. The van der Waals surface area contributed by atoms with E-state index in [9.17, 15) is 9.59 Å². The molecule has 0 bridgehead atoms. The highest BCUT2D eigenvalue weighted by Gasteiger charge is 2.30. The zero-order valence-corrected chi connectivity index (χ0v) is 23.0. The number of nitrogens with two attached hydrogens (primary N) is 1. The van der Waals surface area contributed by atoms with Crippen molar-refractivity contribution in [3.8, 4) is 21.9 Å². The standard InChI is InChI=1S/C28H29ClN4O4S/c1-16(2)25(30)28(35)37-20-10-11-32(14-20)22-9-8-19(12-23(22)36-3)33-15-31-21-13-24(38-26(21)27(33)34)17-4-6-18(29)7-5-17/h4-9,12-13,15-16,20,25H,10-11,14,30H2,1-3H3/t20-,25+/m1/s1. The van der Waals surface area contributed by atoms with E-state index < -0.39 is 6.04 Å². The van der Waals surface area contributed by atoms with Gasteiger partial charge in [-0.25, -0.2) is 4.98 Å². The van der Waals surface area contributed by atoms with Crippen molar-refractivity contribution in [2.24, 2.45) is 11.7 Å². The third-order valence-corrected chi connectivity index (χ3v) is 8.18. The summed E-state index contributed by atoms with van der Waals surface area (Å²) < 4.78 is 13.4. The van der Waals surface area contributed by atoms with Crippen LogP contribution in [-0.4, -0.2) is 47.9 Å². The number of halogens is 1. The summed E-state index contributed by atoms with van der Waals surface area (Å²) >= 11 is 7.42. The van der Waals surface area contributed by atoms with Gasteiger partial charge in [-0.1, -0.05) is 37.6 Å². The minimum atomic E-state index is -0.632. The fourth-order valence-corrected chi connectivity index (χ4v) is 5.66. The zero-order valence-electron chi connectivity index (χ0n) is 21.4. The van der Waals surface area contributed by atoms with E-state index in [1.165, 1.54) is 15.9 Å². The molecular formula is C28H29ClN4O4S. The van der Waals surface area contributed by atoms with Crippen LogP contribution in [0.5, 0.6) is 5.75 Å². The number of anilines is 1. The highest BCUT2D eigenvalue weighted by Crippen LogP contribution is 2.34. The van der Waals surface area contributed by atoms with Crippen molar-refractivity contribution in [2.45, 2.75) is 32.4 Å². The largest absolute Gasteiger partial charge is 0.495 e. The molecule has 8 nitrogen and oxygen atoms in total. The van der Waals surface area contributed by atoms with Gasteiger partial charge in [0.05, 0.1) is 30.5 Å². The Labute approximate surface area is 229 Å². The van der Waals surface area contributed by atoms with Crippen molar-refractivity contribution in [1.82, 2.24) is 9.55 Å². The predicted molar refractivity (Wildman–Crippen MR) is 152 cm³/mol. The van der Waals surface area contributed by atoms with Crippen LogP contribution < -0.4 is 20.9 Å². The van der Waals surface area contributed by atoms with Crippen LogP contribution in [0, 0.1) is 5.92 Å². The van der Waals surface area contributed by atoms with Gasteiger partial charge >= 0.3 is 5.97 Å². The van der Waals surface area contributed by atoms with Crippen molar-refractivity contribution < 1.29 is 14.3 Å². The lowest BCUT2D eigenvalue weighted by molar-refractivity contribution is -0.150. The minimum absolute atomic E-state index is 0.0166. The first-order valence-electron chi connectivity index (χ1n) is 12.4. The van der Waals surface area contributed by atoms with Crippen molar-refractivity contribution in [3.05, 3.63) is 70.2 Å². The molecule has 1 aliphatic rings. The number of benzene rings is 2. The Morgan fingerprint density at radius 3 is 2.66 bits per heavy atom. The monoisotopic (exact) mass is 552 g/mol. The van der Waals surface area contributed by atoms with Gasteiger partial charge in [-0.2, -0.15) is 0 Å². The maximum atomic E-state index is 13.4. The summed E-state index contributed by atoms with van der Waals surface area (Å²) in [5.41, 5.74) is 8.94. The van der Waals surface area contributed by atoms with Crippen LogP contribution in [0.15, 0.2) is 59.7 Å². The van der Waals surface area contributed by atoms with Crippen molar-refractivity contribution in [2.75, 3.05) is 25.1 Å². The number of carbonyl (C=O) groups is 1. The van der Waals surface area contributed by atoms with E-state index in [0.29, 0.717) is 46.2 Å². The van der Waals surface area contributed by atoms with Gasteiger partial charge in [0.15, 0.2) is 0 Å². The molecule has 4 aromatic rings. The number of fused-ring (bicyclic) bond motifs is 1. The summed E-state index contributed by atoms with van der Waals surface area (Å²) in [4.78, 5) is 33.3. The number of nitrogens with zero attached hydrogens (tertiary/aromatic N) is 3. The van der Waals surface area contributed by atoms with Gasteiger partial charge in [0.2, 0.25) is 0 Å². The number of hydrogen-bond acceptors (Lipinski definition) is 8. The Morgan fingerprint density at radius 1 is 1.18 bits per heavy atom. The lowest BCUT2D eigenvalue weighted by Gasteiger charge is -2.22. The highest BCUT2D eigenvalue weighted by atomic mass is 35.5. The Bertz CT molecular complexity index is 1530. The molecule has 0 radical (unpaired) electrons. The van der Waals surface area contributed by atoms with Crippen LogP contribution in [0.4, 0.5) is 5.69 Å². The molecule has 198 valence electrons. The molecule has 2 N–H and O–H groups in total. The van der Waals surface area contributed by atoms with Crippen LogP contribution in [-0.2, 0) is 9.53 Å². The molecule has 1 aliphatic heterocycles. The van der Waals surface area contributed by atoms with Crippen LogP contribution in [0.2, 0.25) is 5.02 Å². The fraction of sp³-hybridized carbons (Fsp3) is 0.321. The average Bonchev–Trinajstić information content (AvgIpc) is 3.56. The number of rotatable bonds is 7. The molecule has 1 saturated heterocycles. The van der Waals surface area contributed by atoms with Crippen molar-refractivity contribution in [1.29, 1.82) is 0 Å². The molecule has 5 rings (SSSR count). The second-order valence-corrected chi connectivity index (χ2v) is 11.2. The van der Waals surface area contributed by atoms with Crippen molar-refractivity contribution >= 4 is 44.8 Å². The molecular weight excluding hydrogens is 524 g/mol. The Balaban J connectivity index is 1.39. The number of thiophene rings is 1. The van der Waals surface area contributed by atoms with E-state index >= 15 is 0 Å². The summed E-state index contributed by atoms with van der Waals surface area (Å²) in [5, 5.41) is 0.661. The van der Waals surface area contributed by atoms with Crippen LogP contribution in [0.3, 0.4) is 0 Å². The van der Waals surface area contributed by atoms with Gasteiger partial charge in [0.1, 0.15) is 28.9 Å². The van der Waals surface area contributed by atoms with Gasteiger partial charge in [-0.05, 0) is 41.8 Å². The van der Waals surface area contributed by atoms with Gasteiger partial charge < -0.3 is 20.1 Å². The Morgan fingerprint density at radius 2 is 1.95 bits per heavy atom. The van der Waals surface area contributed by atoms with E-state index in [1.54, 1.807) is 13.4 Å². The summed E-state index contributed by atoms with van der Waals surface area (Å²) in [6.45, 7) is 5.05. The second-order valence-electron chi connectivity index (χ2n) is 9.67. The maximum Gasteiger partial charge on any atom is 0.323 e. The highest BCUT2D eigenvalue weighted by molar-refractivity contribution is 7.22. The molecule has 2 aromatic heterocycles. The summed E-state index contributed by atoms with van der Waals surface area (Å²) in [5.74, 6) is 0.264. The molecule has 1 fully saturated rings. The Kier molecular flexibility index (Phi) is 7.43. The molecule has 2 atom stereocenters. The molecule has 3 heterocycles. The Hall–Kier alpha value is -3.40. The second kappa shape index (κ2) is 10.8. The average molecular weight is 553 g/mol. The summed E-state index contributed by atoms with van der Waals surface area (Å²) in [7, 11) is 1.60. The number of ether oxygens (including phenoxy) is 2. The molecule has 10 heteroatoms. The minimum Gasteiger partial charge on any atom is -0.495 e. The molecule has 0 aliphatic carbocycles.